The lowest BCUT2D eigenvalue weighted by Gasteiger charge is -2.09. The molecule has 15 heavy (non-hydrogen) atoms. The Morgan fingerprint density at radius 1 is 1.27 bits per heavy atom. The Kier molecular flexibility index (Phi) is 6.07. The van der Waals surface area contributed by atoms with Crippen LogP contribution in [0.15, 0.2) is 12.1 Å². The van der Waals surface area contributed by atoms with E-state index >= 15 is 0 Å². The number of halogens is 3. The van der Waals surface area contributed by atoms with Gasteiger partial charge >= 0.3 is 0 Å². The summed E-state index contributed by atoms with van der Waals surface area (Å²) in [6.07, 6.45) is 0. The van der Waals surface area contributed by atoms with Crippen LogP contribution in [0.3, 0.4) is 0 Å². The summed E-state index contributed by atoms with van der Waals surface area (Å²) in [4.78, 5) is 10.9. The molecule has 0 spiro atoms. The Balaban J connectivity index is 2.81. The smallest absolute Gasteiger partial charge is 0.195 e. The van der Waals surface area contributed by atoms with Gasteiger partial charge in [0.25, 0.3) is 0 Å². The number of hydrogen-bond donors (Lipinski definition) is 1. The largest absolute Gasteiger partial charge is 0.484 e. The number of ether oxygens (including phenoxy) is 1. The Bertz CT molecular complexity index is 356. The van der Waals surface area contributed by atoms with Gasteiger partial charge in [0, 0.05) is 3.57 Å². The fraction of sp³-hybridized carbons (Fsp3) is 0.222. The lowest BCUT2D eigenvalue weighted by Crippen LogP contribution is -2.15. The van der Waals surface area contributed by atoms with E-state index in [0.29, 0.717) is 5.75 Å². The molecule has 0 heterocycles. The van der Waals surface area contributed by atoms with Crippen LogP contribution in [-0.4, -0.2) is 24.1 Å². The third kappa shape index (κ3) is 4.30. The maximum absolute atomic E-state index is 10.9. The highest BCUT2D eigenvalue weighted by molar-refractivity contribution is 14.1. The first-order chi connectivity index (χ1) is 7.04. The van der Waals surface area contributed by atoms with Gasteiger partial charge in [-0.1, -0.05) is 0 Å². The van der Waals surface area contributed by atoms with Crippen molar-refractivity contribution in [2.45, 2.75) is 0 Å². The molecule has 82 valence electrons. The van der Waals surface area contributed by atoms with Crippen molar-refractivity contribution in [1.29, 1.82) is 0 Å². The Morgan fingerprint density at radius 3 is 2.27 bits per heavy atom. The van der Waals surface area contributed by atoms with Crippen LogP contribution >= 0.6 is 67.8 Å². The molecule has 0 amide bonds. The van der Waals surface area contributed by atoms with Crippen molar-refractivity contribution in [3.8, 4) is 5.75 Å². The van der Waals surface area contributed by atoms with Crippen LogP contribution in [0, 0.1) is 10.7 Å². The number of hydrogen-bond acceptors (Lipinski definition) is 3. The van der Waals surface area contributed by atoms with Gasteiger partial charge in [0.1, 0.15) is 19.0 Å². The standard InChI is InChI=1S/C9H7I3O3/c10-5-1-7(11)9(8(12)2-5)15-4-6(14)3-13/h1-2,13H,3-4H2. The molecule has 1 rings (SSSR count). The van der Waals surface area contributed by atoms with Crippen LogP contribution in [0.2, 0.25) is 0 Å². The number of rotatable bonds is 4. The maximum atomic E-state index is 10.9. The number of Topliss-reactive ketones (excluding diaryl/α,β-unsaturated/α-hetero) is 1. The van der Waals surface area contributed by atoms with Crippen molar-refractivity contribution in [3.05, 3.63) is 22.8 Å². The molecule has 1 N–H and O–H groups in total. The topological polar surface area (TPSA) is 46.5 Å². The Labute approximate surface area is 128 Å². The molecule has 0 aromatic heterocycles. The minimum atomic E-state index is -0.475. The van der Waals surface area contributed by atoms with Crippen molar-refractivity contribution in [2.24, 2.45) is 0 Å². The molecule has 1 aromatic carbocycles. The number of carbonyl (C=O) groups excluding carboxylic acids is 1. The SMILES string of the molecule is O=C(CO)COc1c(I)cc(I)cc1I. The van der Waals surface area contributed by atoms with Gasteiger partial charge in [0.05, 0.1) is 7.14 Å². The molecule has 0 fully saturated rings. The maximum Gasteiger partial charge on any atom is 0.195 e. The molecule has 0 atom stereocenters. The summed E-state index contributed by atoms with van der Waals surface area (Å²) < 4.78 is 8.41. The van der Waals surface area contributed by atoms with Gasteiger partial charge in [-0.3, -0.25) is 4.79 Å². The van der Waals surface area contributed by atoms with Gasteiger partial charge < -0.3 is 9.84 Å². The van der Waals surface area contributed by atoms with Crippen LogP contribution in [-0.2, 0) is 4.79 Å². The minimum absolute atomic E-state index is 0.0803. The van der Waals surface area contributed by atoms with E-state index in [2.05, 4.69) is 67.8 Å². The van der Waals surface area contributed by atoms with Gasteiger partial charge in [-0.2, -0.15) is 0 Å². The zero-order chi connectivity index (χ0) is 11.4. The van der Waals surface area contributed by atoms with Crippen LogP contribution in [0.5, 0.6) is 5.75 Å². The minimum Gasteiger partial charge on any atom is -0.484 e. The Morgan fingerprint density at radius 2 is 1.80 bits per heavy atom. The van der Waals surface area contributed by atoms with Gasteiger partial charge in [-0.05, 0) is 79.9 Å². The van der Waals surface area contributed by atoms with Crippen LogP contribution in [0.4, 0.5) is 0 Å². The molecule has 0 saturated carbocycles. The number of aliphatic hydroxyl groups is 1. The van der Waals surface area contributed by atoms with Crippen molar-refractivity contribution in [3.63, 3.8) is 0 Å². The second kappa shape index (κ2) is 6.55. The van der Waals surface area contributed by atoms with E-state index in [1.807, 2.05) is 12.1 Å². The number of ketones is 1. The zero-order valence-electron chi connectivity index (χ0n) is 7.47. The van der Waals surface area contributed by atoms with Crippen LogP contribution in [0.1, 0.15) is 0 Å². The van der Waals surface area contributed by atoms with E-state index in [-0.39, 0.29) is 12.4 Å². The van der Waals surface area contributed by atoms with Crippen molar-refractivity contribution in [2.75, 3.05) is 13.2 Å². The average molecular weight is 544 g/mol. The van der Waals surface area contributed by atoms with Gasteiger partial charge in [-0.25, -0.2) is 0 Å². The highest BCUT2D eigenvalue weighted by Crippen LogP contribution is 2.29. The van der Waals surface area contributed by atoms with Crippen LogP contribution < -0.4 is 4.74 Å². The predicted octanol–water partition coefficient (Wildman–Crippen LogP) is 2.44. The molecule has 1 aromatic rings. The summed E-state index contributed by atoms with van der Waals surface area (Å²) in [6.45, 7) is -0.555. The highest BCUT2D eigenvalue weighted by atomic mass is 127. The molecule has 0 unspecified atom stereocenters. The van der Waals surface area contributed by atoms with Crippen LogP contribution in [0.25, 0.3) is 0 Å². The highest BCUT2D eigenvalue weighted by Gasteiger charge is 2.09. The summed E-state index contributed by atoms with van der Waals surface area (Å²) in [5.41, 5.74) is 0. The molecular weight excluding hydrogens is 537 g/mol. The summed E-state index contributed by atoms with van der Waals surface area (Å²) in [6, 6.07) is 3.95. The predicted molar refractivity (Wildman–Crippen MR) is 82.2 cm³/mol. The molecule has 0 saturated heterocycles. The molecule has 0 aliphatic heterocycles. The number of aliphatic hydroxyl groups excluding tert-OH is 1. The molecule has 6 heteroatoms. The van der Waals surface area contributed by atoms with Gasteiger partial charge in [0.15, 0.2) is 5.78 Å². The second-order valence-electron chi connectivity index (χ2n) is 2.68. The fourth-order valence-corrected chi connectivity index (χ4v) is 4.76. The lowest BCUT2D eigenvalue weighted by molar-refractivity contribution is -0.123. The molecular formula is C9H7I3O3. The normalized spacial score (nSPS) is 10.1. The summed E-state index contributed by atoms with van der Waals surface area (Å²) in [5.74, 6) is 0.388. The van der Waals surface area contributed by atoms with Gasteiger partial charge in [-0.15, -0.1) is 0 Å². The summed E-state index contributed by atoms with van der Waals surface area (Å²) in [7, 11) is 0. The monoisotopic (exact) mass is 544 g/mol. The third-order valence-electron chi connectivity index (χ3n) is 1.52. The summed E-state index contributed by atoms with van der Waals surface area (Å²) >= 11 is 6.55. The van der Waals surface area contributed by atoms with E-state index in [9.17, 15) is 4.79 Å². The van der Waals surface area contributed by atoms with Crippen molar-refractivity contribution >= 4 is 73.6 Å². The second-order valence-corrected chi connectivity index (χ2v) is 6.25. The van der Waals surface area contributed by atoms with E-state index in [4.69, 9.17) is 9.84 Å². The van der Waals surface area contributed by atoms with E-state index in [1.165, 1.54) is 0 Å². The first-order valence-electron chi connectivity index (χ1n) is 3.94. The first kappa shape index (κ1) is 13.9. The molecule has 0 radical (unpaired) electrons. The number of carbonyl (C=O) groups is 1. The Hall–Kier alpha value is 0.840. The molecule has 0 aliphatic carbocycles. The molecule has 3 nitrogen and oxygen atoms in total. The van der Waals surface area contributed by atoms with Crippen molar-refractivity contribution < 1.29 is 14.6 Å². The van der Waals surface area contributed by atoms with E-state index < -0.39 is 6.61 Å². The average Bonchev–Trinajstić information content (AvgIpc) is 2.15. The lowest BCUT2D eigenvalue weighted by atomic mass is 10.3. The van der Waals surface area contributed by atoms with E-state index in [0.717, 1.165) is 10.7 Å². The first-order valence-corrected chi connectivity index (χ1v) is 7.18. The molecule has 0 aliphatic rings. The third-order valence-corrected chi connectivity index (χ3v) is 3.74. The van der Waals surface area contributed by atoms with Gasteiger partial charge in [0.2, 0.25) is 0 Å². The zero-order valence-corrected chi connectivity index (χ0v) is 13.9. The molecule has 0 bridgehead atoms. The van der Waals surface area contributed by atoms with E-state index in [1.54, 1.807) is 0 Å². The van der Waals surface area contributed by atoms with Crippen molar-refractivity contribution in [1.82, 2.24) is 0 Å². The quantitative estimate of drug-likeness (QED) is 0.594. The summed E-state index contributed by atoms with van der Waals surface area (Å²) in [5, 5.41) is 8.56. The number of benzene rings is 1. The fourth-order valence-electron chi connectivity index (χ4n) is 0.865.